The van der Waals surface area contributed by atoms with Crippen LogP contribution in [0.5, 0.6) is 0 Å². The van der Waals surface area contributed by atoms with Crippen molar-refractivity contribution in [3.8, 4) is 0 Å². The van der Waals surface area contributed by atoms with Crippen LogP contribution in [0.2, 0.25) is 0 Å². The molecule has 0 rings (SSSR count). The number of unbranched alkanes of at least 4 members (excludes halogenated alkanes) is 1. The maximum atomic E-state index is 5.12. The molecule has 0 radical (unpaired) electrons. The van der Waals surface area contributed by atoms with Gasteiger partial charge in [-0.05, 0) is 46.0 Å². The van der Waals surface area contributed by atoms with E-state index in [1.807, 2.05) is 13.8 Å². The second-order valence-corrected chi connectivity index (χ2v) is 4.17. The molecule has 0 spiro atoms. The summed E-state index contributed by atoms with van der Waals surface area (Å²) in [6.45, 7) is 14.4. The zero-order valence-electron chi connectivity index (χ0n) is 14.1. The lowest BCUT2D eigenvalue weighted by molar-refractivity contribution is 0.173. The lowest BCUT2D eigenvalue weighted by Gasteiger charge is -2.04. The third kappa shape index (κ3) is 13.1. The molecule has 0 saturated heterocycles. The van der Waals surface area contributed by atoms with Gasteiger partial charge in [0.25, 0.3) is 0 Å². The van der Waals surface area contributed by atoms with E-state index < -0.39 is 0 Å². The zero-order chi connectivity index (χ0) is 15.6. The Bertz CT molecular complexity index is 301. The van der Waals surface area contributed by atoms with Gasteiger partial charge in [0.1, 0.15) is 6.61 Å². The van der Waals surface area contributed by atoms with Crippen LogP contribution in [0.1, 0.15) is 66.7 Å². The van der Waals surface area contributed by atoms with Crippen LogP contribution in [0.4, 0.5) is 0 Å². The Morgan fingerprint density at radius 1 is 1.15 bits per heavy atom. The molecule has 0 N–H and O–H groups in total. The molecule has 0 aliphatic rings. The van der Waals surface area contributed by atoms with Crippen molar-refractivity contribution in [3.63, 3.8) is 0 Å². The second-order valence-electron chi connectivity index (χ2n) is 4.17. The van der Waals surface area contributed by atoms with E-state index in [1.165, 1.54) is 18.4 Å². The SMILES string of the molecule is C=CCO/N=C(/CC)CCCCC(/C=C\C)=C/C.CC. The van der Waals surface area contributed by atoms with Crippen molar-refractivity contribution in [3.05, 3.63) is 36.5 Å². The van der Waals surface area contributed by atoms with Gasteiger partial charge in [0.05, 0.1) is 5.71 Å². The first-order chi connectivity index (χ1) is 9.78. The average molecular weight is 279 g/mol. The number of oxime groups is 1. The van der Waals surface area contributed by atoms with Gasteiger partial charge in [0.15, 0.2) is 0 Å². The van der Waals surface area contributed by atoms with Crippen molar-refractivity contribution in [2.45, 2.75) is 66.7 Å². The summed E-state index contributed by atoms with van der Waals surface area (Å²) in [7, 11) is 0. The highest BCUT2D eigenvalue weighted by atomic mass is 16.6. The predicted molar refractivity (Wildman–Crippen MR) is 92.3 cm³/mol. The normalized spacial score (nSPS) is 12.1. The molecule has 0 aromatic heterocycles. The summed E-state index contributed by atoms with van der Waals surface area (Å²) in [4.78, 5) is 5.12. The van der Waals surface area contributed by atoms with Gasteiger partial charge in [-0.1, -0.05) is 62.4 Å². The molecule has 2 heteroatoms. The van der Waals surface area contributed by atoms with Gasteiger partial charge >= 0.3 is 0 Å². The van der Waals surface area contributed by atoms with E-state index in [0.717, 1.165) is 25.0 Å². The highest BCUT2D eigenvalue weighted by Crippen LogP contribution is 2.11. The van der Waals surface area contributed by atoms with E-state index in [9.17, 15) is 0 Å². The summed E-state index contributed by atoms with van der Waals surface area (Å²) >= 11 is 0. The Hall–Kier alpha value is -1.31. The predicted octanol–water partition coefficient (Wildman–Crippen LogP) is 6.06. The van der Waals surface area contributed by atoms with Crippen molar-refractivity contribution >= 4 is 5.71 Å². The fourth-order valence-corrected chi connectivity index (χ4v) is 1.66. The Balaban J connectivity index is 0. The maximum Gasteiger partial charge on any atom is 0.135 e. The van der Waals surface area contributed by atoms with Gasteiger partial charge in [-0.15, -0.1) is 0 Å². The quantitative estimate of drug-likeness (QED) is 0.156. The summed E-state index contributed by atoms with van der Waals surface area (Å²) < 4.78 is 0. The standard InChI is InChI=1S/C16H27NO.C2H6/c1-5-11-15(7-3)12-9-10-13-16(8-4)17-18-14-6-2;1-2/h5-7,11H,2,8-10,12-14H2,1,3-4H3;1-2H3/b11-5-,15-7+,17-16-;. The monoisotopic (exact) mass is 279 g/mol. The number of allylic oxidation sites excluding steroid dienone is 4. The number of nitrogens with zero attached hydrogens (tertiary/aromatic N) is 1. The molecule has 0 fully saturated rings. The molecule has 0 aliphatic heterocycles. The van der Waals surface area contributed by atoms with Gasteiger partial charge in [-0.3, -0.25) is 0 Å². The summed E-state index contributed by atoms with van der Waals surface area (Å²) in [6.07, 6.45) is 13.7. The molecule has 0 bridgehead atoms. The lowest BCUT2D eigenvalue weighted by Crippen LogP contribution is -1.98. The van der Waals surface area contributed by atoms with E-state index >= 15 is 0 Å². The first kappa shape index (κ1) is 21.0. The van der Waals surface area contributed by atoms with Crippen molar-refractivity contribution in [1.29, 1.82) is 0 Å². The minimum Gasteiger partial charge on any atom is -0.392 e. The molecule has 0 unspecified atom stereocenters. The van der Waals surface area contributed by atoms with E-state index in [-0.39, 0.29) is 0 Å². The van der Waals surface area contributed by atoms with Crippen LogP contribution in [-0.2, 0) is 4.84 Å². The van der Waals surface area contributed by atoms with Crippen LogP contribution < -0.4 is 0 Å². The van der Waals surface area contributed by atoms with Crippen LogP contribution in [0.15, 0.2) is 41.6 Å². The molecule has 0 heterocycles. The third-order valence-corrected chi connectivity index (χ3v) is 2.73. The van der Waals surface area contributed by atoms with E-state index in [1.54, 1.807) is 6.08 Å². The highest BCUT2D eigenvalue weighted by Gasteiger charge is 1.98. The Morgan fingerprint density at radius 3 is 2.30 bits per heavy atom. The minimum atomic E-state index is 0.494. The maximum absolute atomic E-state index is 5.12. The average Bonchev–Trinajstić information content (AvgIpc) is 2.50. The summed E-state index contributed by atoms with van der Waals surface area (Å²) in [5, 5.41) is 4.12. The van der Waals surface area contributed by atoms with Crippen LogP contribution >= 0.6 is 0 Å². The molecule has 20 heavy (non-hydrogen) atoms. The van der Waals surface area contributed by atoms with Crippen LogP contribution in [0.25, 0.3) is 0 Å². The van der Waals surface area contributed by atoms with Crippen molar-refractivity contribution in [1.82, 2.24) is 0 Å². The van der Waals surface area contributed by atoms with E-state index in [0.29, 0.717) is 6.61 Å². The van der Waals surface area contributed by atoms with Crippen LogP contribution in [0.3, 0.4) is 0 Å². The van der Waals surface area contributed by atoms with Gasteiger partial charge < -0.3 is 4.84 Å². The van der Waals surface area contributed by atoms with Crippen molar-refractivity contribution < 1.29 is 4.84 Å². The van der Waals surface area contributed by atoms with E-state index in [4.69, 9.17) is 4.84 Å². The number of hydrogen-bond acceptors (Lipinski definition) is 2. The Kier molecular flexibility index (Phi) is 18.6. The van der Waals surface area contributed by atoms with Crippen LogP contribution in [-0.4, -0.2) is 12.3 Å². The minimum absolute atomic E-state index is 0.494. The van der Waals surface area contributed by atoms with Gasteiger partial charge in [0, 0.05) is 0 Å². The topological polar surface area (TPSA) is 21.6 Å². The molecule has 0 aromatic rings. The summed E-state index contributed by atoms with van der Waals surface area (Å²) in [5.74, 6) is 0. The smallest absolute Gasteiger partial charge is 0.135 e. The molecule has 116 valence electrons. The van der Waals surface area contributed by atoms with Gasteiger partial charge in [-0.2, -0.15) is 0 Å². The van der Waals surface area contributed by atoms with E-state index in [2.05, 4.69) is 50.7 Å². The molecular weight excluding hydrogens is 246 g/mol. The van der Waals surface area contributed by atoms with Crippen molar-refractivity contribution in [2.24, 2.45) is 5.16 Å². The lowest BCUT2D eigenvalue weighted by atomic mass is 10.0. The Morgan fingerprint density at radius 2 is 1.80 bits per heavy atom. The molecular formula is C18H33NO. The first-order valence-corrected chi connectivity index (χ1v) is 7.84. The number of rotatable bonds is 10. The molecule has 0 saturated carbocycles. The fraction of sp³-hybridized carbons (Fsp3) is 0.611. The number of hydrogen-bond donors (Lipinski definition) is 0. The first-order valence-electron chi connectivity index (χ1n) is 7.84. The zero-order valence-corrected chi connectivity index (χ0v) is 14.1. The molecule has 0 aliphatic carbocycles. The molecule has 0 atom stereocenters. The Labute approximate surface area is 126 Å². The fourth-order valence-electron chi connectivity index (χ4n) is 1.66. The highest BCUT2D eigenvalue weighted by molar-refractivity contribution is 5.83. The van der Waals surface area contributed by atoms with Gasteiger partial charge in [-0.25, -0.2) is 0 Å². The summed E-state index contributed by atoms with van der Waals surface area (Å²) in [6, 6.07) is 0. The molecule has 2 nitrogen and oxygen atoms in total. The van der Waals surface area contributed by atoms with Gasteiger partial charge in [0.2, 0.25) is 0 Å². The molecule has 0 aromatic carbocycles. The van der Waals surface area contributed by atoms with Crippen LogP contribution in [0, 0.1) is 0 Å². The summed E-state index contributed by atoms with van der Waals surface area (Å²) in [5.41, 5.74) is 2.56. The third-order valence-electron chi connectivity index (χ3n) is 2.73. The molecule has 0 amide bonds. The second kappa shape index (κ2) is 17.7. The largest absolute Gasteiger partial charge is 0.392 e. The van der Waals surface area contributed by atoms with Crippen molar-refractivity contribution in [2.75, 3.05) is 6.61 Å².